The number of piperazine rings is 1. The summed E-state index contributed by atoms with van der Waals surface area (Å²) in [6.07, 6.45) is 0. The van der Waals surface area contributed by atoms with Crippen LogP contribution < -0.4 is 15.8 Å². The summed E-state index contributed by atoms with van der Waals surface area (Å²) >= 11 is 0. The predicted molar refractivity (Wildman–Crippen MR) is 128 cm³/mol. The quantitative estimate of drug-likeness (QED) is 0.544. The van der Waals surface area contributed by atoms with Gasteiger partial charge >= 0.3 is 0 Å². The van der Waals surface area contributed by atoms with Gasteiger partial charge in [-0.2, -0.15) is 0 Å². The van der Waals surface area contributed by atoms with Gasteiger partial charge in [-0.15, -0.1) is 0 Å². The molecule has 4 rings (SSSR count). The Morgan fingerprint density at radius 3 is 2.48 bits per heavy atom. The molecule has 0 radical (unpaired) electrons. The first-order chi connectivity index (χ1) is 16.0. The molecule has 0 aliphatic carbocycles. The van der Waals surface area contributed by atoms with Crippen LogP contribution in [-0.2, 0) is 13.1 Å². The number of nitrogens with zero attached hydrogens (tertiary/aromatic N) is 2. The number of primary amides is 1. The zero-order valence-electron chi connectivity index (χ0n) is 18.8. The van der Waals surface area contributed by atoms with Gasteiger partial charge in [0.25, 0.3) is 0 Å². The lowest BCUT2D eigenvalue weighted by atomic mass is 10.1. The van der Waals surface area contributed by atoms with Crippen LogP contribution >= 0.6 is 0 Å². The average molecular weight is 449 g/mol. The molecule has 172 valence electrons. The Labute approximate surface area is 193 Å². The predicted octanol–water partition coefficient (Wildman–Crippen LogP) is 4.08. The highest BCUT2D eigenvalue weighted by atomic mass is 19.1. The molecule has 7 heteroatoms. The molecule has 33 heavy (non-hydrogen) atoms. The van der Waals surface area contributed by atoms with Gasteiger partial charge in [-0.1, -0.05) is 18.2 Å². The molecule has 3 aromatic rings. The molecule has 1 saturated heterocycles. The fraction of sp³-hybridized carbons (Fsp3) is 0.269. The van der Waals surface area contributed by atoms with Crippen molar-refractivity contribution in [3.05, 3.63) is 89.2 Å². The van der Waals surface area contributed by atoms with E-state index in [0.29, 0.717) is 23.6 Å². The lowest BCUT2D eigenvalue weighted by molar-refractivity contribution is 0.100. The maximum absolute atomic E-state index is 14.3. The van der Waals surface area contributed by atoms with Crippen molar-refractivity contribution in [2.45, 2.75) is 13.1 Å². The number of anilines is 1. The van der Waals surface area contributed by atoms with Gasteiger partial charge in [0.05, 0.1) is 0 Å². The standard InChI is InChI=1S/C26H29FN4O2/c1-30-10-12-31(13-11-30)18-19-14-22(27)16-23(15-19)29-17-21-4-2-3-5-25(21)33-24-8-6-20(7-9-24)26(28)32/h2-9,14-16,29H,10-13,17-18H2,1H3,(H2,28,32). The highest BCUT2D eigenvalue weighted by Gasteiger charge is 2.15. The largest absolute Gasteiger partial charge is 0.457 e. The number of hydrogen-bond acceptors (Lipinski definition) is 5. The number of nitrogens with one attached hydrogen (secondary N) is 1. The molecule has 0 saturated carbocycles. The first-order valence-corrected chi connectivity index (χ1v) is 11.1. The number of amides is 1. The van der Waals surface area contributed by atoms with Crippen LogP contribution in [-0.4, -0.2) is 48.9 Å². The number of carbonyl (C=O) groups is 1. The van der Waals surface area contributed by atoms with E-state index in [2.05, 4.69) is 22.2 Å². The van der Waals surface area contributed by atoms with Crippen molar-refractivity contribution in [3.8, 4) is 11.5 Å². The number of halogens is 1. The van der Waals surface area contributed by atoms with E-state index in [9.17, 15) is 9.18 Å². The molecule has 6 nitrogen and oxygen atoms in total. The number of hydrogen-bond donors (Lipinski definition) is 2. The fourth-order valence-corrected chi connectivity index (χ4v) is 3.87. The van der Waals surface area contributed by atoms with Crippen molar-refractivity contribution in [1.29, 1.82) is 0 Å². The number of likely N-dealkylation sites (N-methyl/N-ethyl adjacent to an activating group) is 1. The molecule has 3 N–H and O–H groups in total. The first-order valence-electron chi connectivity index (χ1n) is 11.1. The van der Waals surface area contributed by atoms with Crippen molar-refractivity contribution in [2.75, 3.05) is 38.5 Å². The molecular formula is C26H29FN4O2. The number of nitrogens with two attached hydrogens (primary N) is 1. The molecule has 1 heterocycles. The summed E-state index contributed by atoms with van der Waals surface area (Å²) < 4.78 is 20.3. The molecule has 1 aliphatic rings. The zero-order valence-corrected chi connectivity index (χ0v) is 18.8. The van der Waals surface area contributed by atoms with Crippen LogP contribution in [0.5, 0.6) is 11.5 Å². The number of para-hydroxylation sites is 1. The van der Waals surface area contributed by atoms with E-state index in [1.54, 1.807) is 30.3 Å². The van der Waals surface area contributed by atoms with Crippen LogP contribution in [0.3, 0.4) is 0 Å². The van der Waals surface area contributed by atoms with Gasteiger partial charge in [0, 0.05) is 56.1 Å². The summed E-state index contributed by atoms with van der Waals surface area (Å²) in [6.45, 7) is 5.25. The van der Waals surface area contributed by atoms with Gasteiger partial charge in [-0.3, -0.25) is 9.69 Å². The first kappa shape index (κ1) is 22.8. The van der Waals surface area contributed by atoms with Crippen molar-refractivity contribution in [3.63, 3.8) is 0 Å². The molecule has 1 fully saturated rings. The van der Waals surface area contributed by atoms with E-state index >= 15 is 0 Å². The Balaban J connectivity index is 1.42. The topological polar surface area (TPSA) is 70.8 Å². The summed E-state index contributed by atoms with van der Waals surface area (Å²) in [4.78, 5) is 15.9. The third-order valence-corrected chi connectivity index (χ3v) is 5.78. The van der Waals surface area contributed by atoms with Crippen molar-refractivity contribution < 1.29 is 13.9 Å². The Morgan fingerprint density at radius 2 is 1.76 bits per heavy atom. The number of ether oxygens (including phenoxy) is 1. The van der Waals surface area contributed by atoms with Crippen LogP contribution in [0, 0.1) is 5.82 Å². The van der Waals surface area contributed by atoms with Crippen LogP contribution in [0.2, 0.25) is 0 Å². The summed E-state index contributed by atoms with van der Waals surface area (Å²) in [5, 5.41) is 3.33. The summed E-state index contributed by atoms with van der Waals surface area (Å²) in [6, 6.07) is 19.5. The van der Waals surface area contributed by atoms with E-state index in [4.69, 9.17) is 10.5 Å². The molecule has 0 bridgehead atoms. The van der Waals surface area contributed by atoms with Crippen LogP contribution in [0.15, 0.2) is 66.7 Å². The second-order valence-electron chi connectivity index (χ2n) is 8.38. The minimum atomic E-state index is -0.478. The second-order valence-corrected chi connectivity index (χ2v) is 8.38. The number of rotatable bonds is 8. The van der Waals surface area contributed by atoms with Gasteiger partial charge < -0.3 is 20.7 Å². The highest BCUT2D eigenvalue weighted by Crippen LogP contribution is 2.27. The van der Waals surface area contributed by atoms with Crippen molar-refractivity contribution in [1.82, 2.24) is 9.80 Å². The summed E-state index contributed by atoms with van der Waals surface area (Å²) in [7, 11) is 2.12. The fourth-order valence-electron chi connectivity index (χ4n) is 3.87. The SMILES string of the molecule is CN1CCN(Cc2cc(F)cc(NCc3ccccc3Oc3ccc(C(N)=O)cc3)c2)CC1. The number of carbonyl (C=O) groups excluding carboxylic acids is 1. The van der Waals surface area contributed by atoms with Gasteiger partial charge in [0.2, 0.25) is 5.91 Å². The van der Waals surface area contributed by atoms with Crippen LogP contribution in [0.4, 0.5) is 10.1 Å². The van der Waals surface area contributed by atoms with E-state index in [-0.39, 0.29) is 5.82 Å². The summed E-state index contributed by atoms with van der Waals surface area (Å²) in [5.74, 6) is 0.565. The number of benzene rings is 3. The molecular weight excluding hydrogens is 419 g/mol. The van der Waals surface area contributed by atoms with E-state index < -0.39 is 5.91 Å². The molecule has 0 aromatic heterocycles. The Bertz CT molecular complexity index is 1100. The Morgan fingerprint density at radius 1 is 1.03 bits per heavy atom. The Hall–Kier alpha value is -3.42. The summed E-state index contributed by atoms with van der Waals surface area (Å²) in [5.41, 5.74) is 8.35. The van der Waals surface area contributed by atoms with Gasteiger partial charge in [-0.25, -0.2) is 4.39 Å². The molecule has 1 aliphatic heterocycles. The lowest BCUT2D eigenvalue weighted by Crippen LogP contribution is -2.43. The third kappa shape index (κ3) is 6.31. The van der Waals surface area contributed by atoms with Crippen LogP contribution in [0.25, 0.3) is 0 Å². The van der Waals surface area contributed by atoms with Gasteiger partial charge in [0.15, 0.2) is 0 Å². The van der Waals surface area contributed by atoms with Crippen molar-refractivity contribution in [2.24, 2.45) is 5.73 Å². The van der Waals surface area contributed by atoms with Gasteiger partial charge in [-0.05, 0) is 61.1 Å². The van der Waals surface area contributed by atoms with Gasteiger partial charge in [0.1, 0.15) is 17.3 Å². The monoisotopic (exact) mass is 448 g/mol. The lowest BCUT2D eigenvalue weighted by Gasteiger charge is -2.32. The van der Waals surface area contributed by atoms with Crippen LogP contribution in [0.1, 0.15) is 21.5 Å². The molecule has 1 amide bonds. The highest BCUT2D eigenvalue weighted by molar-refractivity contribution is 5.92. The minimum absolute atomic E-state index is 0.247. The molecule has 3 aromatic carbocycles. The van der Waals surface area contributed by atoms with E-state index in [1.807, 2.05) is 30.3 Å². The van der Waals surface area contributed by atoms with E-state index in [0.717, 1.165) is 49.5 Å². The normalized spacial score (nSPS) is 14.7. The Kier molecular flexibility index (Phi) is 7.22. The third-order valence-electron chi connectivity index (χ3n) is 5.78. The molecule has 0 spiro atoms. The van der Waals surface area contributed by atoms with E-state index in [1.165, 1.54) is 6.07 Å². The average Bonchev–Trinajstić information content (AvgIpc) is 2.80. The maximum Gasteiger partial charge on any atom is 0.248 e. The maximum atomic E-state index is 14.3. The zero-order chi connectivity index (χ0) is 23.2. The van der Waals surface area contributed by atoms with Crippen molar-refractivity contribution >= 4 is 11.6 Å². The second kappa shape index (κ2) is 10.5. The molecule has 0 atom stereocenters. The molecule has 0 unspecified atom stereocenters. The minimum Gasteiger partial charge on any atom is -0.457 e. The smallest absolute Gasteiger partial charge is 0.248 e.